The van der Waals surface area contributed by atoms with E-state index < -0.39 is 0 Å². The zero-order valence-electron chi connectivity index (χ0n) is 10.4. The minimum atomic E-state index is -0.365. The van der Waals surface area contributed by atoms with Crippen LogP contribution >= 0.6 is 0 Å². The zero-order valence-corrected chi connectivity index (χ0v) is 10.4. The number of hydrogen-bond donors (Lipinski definition) is 2. The van der Waals surface area contributed by atoms with Crippen LogP contribution in [0.3, 0.4) is 0 Å². The Morgan fingerprint density at radius 3 is 3.11 bits per heavy atom. The van der Waals surface area contributed by atoms with Crippen LogP contribution in [0.25, 0.3) is 0 Å². The molecule has 7 heteroatoms. The molecule has 7 nitrogen and oxygen atoms in total. The van der Waals surface area contributed by atoms with Gasteiger partial charge in [0.15, 0.2) is 5.82 Å². The third-order valence-electron chi connectivity index (χ3n) is 3.33. The monoisotopic (exact) mass is 262 g/mol. The summed E-state index contributed by atoms with van der Waals surface area (Å²) in [6.07, 6.45) is 2.43. The summed E-state index contributed by atoms with van der Waals surface area (Å²) in [5.74, 6) is 1.52. The summed E-state index contributed by atoms with van der Waals surface area (Å²) in [5, 5.41) is 6.06. The minimum absolute atomic E-state index is 0.0261. The van der Waals surface area contributed by atoms with Gasteiger partial charge in [-0.2, -0.15) is 5.10 Å². The van der Waals surface area contributed by atoms with Gasteiger partial charge in [-0.05, 0) is 18.6 Å². The van der Waals surface area contributed by atoms with Crippen LogP contribution in [0.5, 0.6) is 0 Å². The van der Waals surface area contributed by atoms with Crippen LogP contribution in [0.2, 0.25) is 0 Å². The molecule has 100 valence electrons. The van der Waals surface area contributed by atoms with Crippen molar-refractivity contribution in [3.8, 4) is 0 Å². The van der Waals surface area contributed by atoms with Gasteiger partial charge in [-0.3, -0.25) is 9.78 Å². The first-order valence-electron chi connectivity index (χ1n) is 6.07. The van der Waals surface area contributed by atoms with Gasteiger partial charge in [0.25, 0.3) is 0 Å². The van der Waals surface area contributed by atoms with Gasteiger partial charge >= 0.3 is 5.69 Å². The summed E-state index contributed by atoms with van der Waals surface area (Å²) in [6.45, 7) is 0.291. The normalized spacial score (nSPS) is 21.3. The number of furan rings is 1. The highest BCUT2D eigenvalue weighted by molar-refractivity contribution is 5.82. The molecule has 0 unspecified atom stereocenters. The predicted octanol–water partition coefficient (Wildman–Crippen LogP) is 0.453. The lowest BCUT2D eigenvalue weighted by Gasteiger charge is -2.15. The smallest absolute Gasteiger partial charge is 0.340 e. The fraction of sp³-hybridized carbons (Fsp3) is 0.417. The zero-order chi connectivity index (χ0) is 13.4. The van der Waals surface area contributed by atoms with Crippen LogP contribution in [-0.4, -0.2) is 33.0 Å². The number of aromatic nitrogens is 3. The topological polar surface area (TPSA) is 95.0 Å². The van der Waals surface area contributed by atoms with Gasteiger partial charge in [-0.1, -0.05) is 0 Å². The maximum Gasteiger partial charge on any atom is 0.340 e. The molecule has 1 saturated carbocycles. The van der Waals surface area contributed by atoms with Crippen molar-refractivity contribution in [2.24, 2.45) is 5.92 Å². The van der Waals surface area contributed by atoms with Crippen molar-refractivity contribution in [2.75, 3.05) is 7.05 Å². The molecule has 2 heterocycles. The van der Waals surface area contributed by atoms with Crippen molar-refractivity contribution >= 4 is 5.91 Å². The lowest BCUT2D eigenvalue weighted by molar-refractivity contribution is -0.132. The van der Waals surface area contributed by atoms with Crippen LogP contribution in [0, 0.1) is 5.92 Å². The van der Waals surface area contributed by atoms with E-state index in [0.717, 1.165) is 12.2 Å². The number of nitrogens with one attached hydrogen (secondary N) is 2. The molecule has 19 heavy (non-hydrogen) atoms. The third kappa shape index (κ3) is 2.31. The van der Waals surface area contributed by atoms with Gasteiger partial charge in [0.05, 0.1) is 12.8 Å². The lowest BCUT2D eigenvalue weighted by atomic mass is 10.2. The quantitative estimate of drug-likeness (QED) is 0.836. The number of amides is 1. The summed E-state index contributed by atoms with van der Waals surface area (Å²) in [6, 6.07) is 3.72. The maximum absolute atomic E-state index is 12.2. The molecule has 0 spiro atoms. The molecule has 0 saturated heterocycles. The largest absolute Gasteiger partial charge is 0.469 e. The van der Waals surface area contributed by atoms with E-state index in [1.165, 1.54) is 0 Å². The molecule has 3 rings (SSSR count). The molecule has 2 atom stereocenters. The van der Waals surface area contributed by atoms with Crippen molar-refractivity contribution in [3.63, 3.8) is 0 Å². The Hall–Kier alpha value is -2.31. The van der Waals surface area contributed by atoms with E-state index in [0.29, 0.717) is 12.4 Å². The maximum atomic E-state index is 12.2. The Balaban J connectivity index is 1.61. The number of rotatable bonds is 4. The molecule has 0 aliphatic heterocycles. The summed E-state index contributed by atoms with van der Waals surface area (Å²) >= 11 is 0. The van der Waals surface area contributed by atoms with Crippen molar-refractivity contribution < 1.29 is 9.21 Å². The molecule has 1 amide bonds. The van der Waals surface area contributed by atoms with Crippen molar-refractivity contribution in [1.29, 1.82) is 0 Å². The third-order valence-corrected chi connectivity index (χ3v) is 3.33. The fourth-order valence-corrected chi connectivity index (χ4v) is 2.25. The molecule has 1 aliphatic rings. The predicted molar refractivity (Wildman–Crippen MR) is 65.2 cm³/mol. The lowest BCUT2D eigenvalue weighted by Crippen LogP contribution is -2.28. The van der Waals surface area contributed by atoms with E-state index in [1.807, 2.05) is 12.1 Å². The number of carbonyl (C=O) groups is 1. The molecule has 2 N–H and O–H groups in total. The second-order valence-electron chi connectivity index (χ2n) is 4.78. The van der Waals surface area contributed by atoms with Crippen LogP contribution in [0.1, 0.15) is 23.9 Å². The highest BCUT2D eigenvalue weighted by Gasteiger charge is 2.46. The van der Waals surface area contributed by atoms with E-state index in [1.54, 1.807) is 18.2 Å². The van der Waals surface area contributed by atoms with E-state index in [4.69, 9.17) is 4.42 Å². The molecule has 1 aliphatic carbocycles. The Kier molecular flexibility index (Phi) is 2.73. The number of aromatic amines is 2. The van der Waals surface area contributed by atoms with E-state index in [9.17, 15) is 9.59 Å². The molecular weight excluding hydrogens is 248 g/mol. The Morgan fingerprint density at radius 2 is 2.47 bits per heavy atom. The van der Waals surface area contributed by atoms with Gasteiger partial charge in [0, 0.05) is 18.9 Å². The van der Waals surface area contributed by atoms with Gasteiger partial charge in [-0.15, -0.1) is 0 Å². The highest BCUT2D eigenvalue weighted by Crippen LogP contribution is 2.48. The first-order valence-corrected chi connectivity index (χ1v) is 6.07. The van der Waals surface area contributed by atoms with Gasteiger partial charge in [-0.25, -0.2) is 9.89 Å². The van der Waals surface area contributed by atoms with Gasteiger partial charge in [0.2, 0.25) is 5.91 Å². The molecule has 0 aromatic carbocycles. The Labute approximate surface area is 108 Å². The molecule has 2 aromatic rings. The molecule has 2 aromatic heterocycles. The van der Waals surface area contributed by atoms with Gasteiger partial charge in [0.1, 0.15) is 5.76 Å². The van der Waals surface area contributed by atoms with Crippen LogP contribution < -0.4 is 5.69 Å². The average Bonchev–Trinajstić information content (AvgIpc) is 2.81. The van der Waals surface area contributed by atoms with Crippen molar-refractivity contribution in [2.45, 2.75) is 18.9 Å². The average molecular weight is 262 g/mol. The second-order valence-corrected chi connectivity index (χ2v) is 4.78. The molecule has 1 fully saturated rings. The molecular formula is C12H14N4O3. The standard InChI is InChI=1S/C12H14N4O3/c1-16(6-10-13-12(18)15-14-10)11(17)8-5-7(8)9-3-2-4-19-9/h2-4,7-8H,5-6H2,1H3,(H2,13,14,15,18)/t7-,8-/m1/s1. The highest BCUT2D eigenvalue weighted by atomic mass is 16.3. The summed E-state index contributed by atoms with van der Waals surface area (Å²) < 4.78 is 5.30. The SMILES string of the molecule is CN(Cc1n[nH]c(=O)[nH]1)C(=O)[C@@H]1C[C@H]1c1ccco1. The summed E-state index contributed by atoms with van der Waals surface area (Å²) in [5.41, 5.74) is -0.365. The Morgan fingerprint density at radius 1 is 1.63 bits per heavy atom. The van der Waals surface area contributed by atoms with E-state index >= 15 is 0 Å². The fourth-order valence-electron chi connectivity index (χ4n) is 2.25. The first-order chi connectivity index (χ1) is 9.15. The molecule has 0 bridgehead atoms. The van der Waals surface area contributed by atoms with Crippen molar-refractivity contribution in [1.82, 2.24) is 20.1 Å². The number of nitrogens with zero attached hydrogens (tertiary/aromatic N) is 2. The van der Waals surface area contributed by atoms with Crippen LogP contribution in [0.4, 0.5) is 0 Å². The van der Waals surface area contributed by atoms with Gasteiger partial charge < -0.3 is 9.32 Å². The van der Waals surface area contributed by atoms with Crippen LogP contribution in [0.15, 0.2) is 27.6 Å². The number of carbonyl (C=O) groups excluding carboxylic acids is 1. The first kappa shape index (κ1) is 11.8. The van der Waals surface area contributed by atoms with Crippen molar-refractivity contribution in [3.05, 3.63) is 40.5 Å². The van der Waals surface area contributed by atoms with E-state index in [2.05, 4.69) is 15.2 Å². The second kappa shape index (κ2) is 4.42. The summed E-state index contributed by atoms with van der Waals surface area (Å²) in [4.78, 5) is 27.2. The van der Waals surface area contributed by atoms with Crippen LogP contribution in [-0.2, 0) is 11.3 Å². The van der Waals surface area contributed by atoms with E-state index in [-0.39, 0.29) is 23.4 Å². The number of hydrogen-bond acceptors (Lipinski definition) is 4. The Bertz CT molecular complexity index is 627. The minimum Gasteiger partial charge on any atom is -0.469 e. The summed E-state index contributed by atoms with van der Waals surface area (Å²) in [7, 11) is 1.70. The molecule has 0 radical (unpaired) electrons. The number of H-pyrrole nitrogens is 2.